The monoisotopic (exact) mass is 412 g/mol. The maximum absolute atomic E-state index is 14.0. The highest BCUT2D eigenvalue weighted by molar-refractivity contribution is 6.30. The molecule has 4 rings (SSSR count). The average molecular weight is 413 g/mol. The van der Waals surface area contributed by atoms with Crippen LogP contribution in [0.15, 0.2) is 53.3 Å². The summed E-state index contributed by atoms with van der Waals surface area (Å²) >= 11 is 5.93. The Bertz CT molecular complexity index is 1060. The van der Waals surface area contributed by atoms with E-state index in [1.165, 1.54) is 6.07 Å². The van der Waals surface area contributed by atoms with Crippen LogP contribution in [-0.4, -0.2) is 36.1 Å². The van der Waals surface area contributed by atoms with Crippen LogP contribution in [-0.2, 0) is 6.42 Å². The number of aryl methyl sites for hydroxylation is 1. The van der Waals surface area contributed by atoms with Gasteiger partial charge >= 0.3 is 0 Å². The van der Waals surface area contributed by atoms with E-state index in [9.17, 15) is 9.18 Å². The Balaban J connectivity index is 1.48. The number of aromatic amines is 1. The molecule has 150 valence electrons. The van der Waals surface area contributed by atoms with Gasteiger partial charge in [-0.1, -0.05) is 35.9 Å². The van der Waals surface area contributed by atoms with Gasteiger partial charge in [0.05, 0.1) is 11.4 Å². The van der Waals surface area contributed by atoms with Gasteiger partial charge in [-0.25, -0.2) is 9.37 Å². The molecule has 0 aliphatic carbocycles. The van der Waals surface area contributed by atoms with Crippen LogP contribution in [0.1, 0.15) is 16.8 Å². The lowest BCUT2D eigenvalue weighted by atomic mass is 10.1. The number of hydrogen-bond acceptors (Lipinski definition) is 4. The second-order valence-corrected chi connectivity index (χ2v) is 7.62. The lowest BCUT2D eigenvalue weighted by Gasteiger charge is -2.36. The van der Waals surface area contributed by atoms with E-state index in [1.54, 1.807) is 12.1 Å². The molecule has 0 bridgehead atoms. The standard InChI is InChI=1S/C22H22ClFN4O/c1-15-18(14-16-6-8-17(23)9-7-16)21(29)26-22(25-15)28-12-10-27(11-13-28)20-5-3-2-4-19(20)24/h2-9H,10-14H2,1H3,(H,25,26,29). The van der Waals surface area contributed by atoms with Gasteiger partial charge in [-0.3, -0.25) is 9.78 Å². The normalized spacial score (nSPS) is 14.3. The number of benzene rings is 2. The molecule has 1 N–H and O–H groups in total. The van der Waals surface area contributed by atoms with E-state index in [-0.39, 0.29) is 11.4 Å². The molecular formula is C22H22ClFN4O. The number of halogens is 2. The van der Waals surface area contributed by atoms with E-state index in [1.807, 2.05) is 47.1 Å². The Morgan fingerprint density at radius 3 is 2.34 bits per heavy atom. The summed E-state index contributed by atoms with van der Waals surface area (Å²) in [5.74, 6) is 0.357. The number of H-pyrrole nitrogens is 1. The second kappa shape index (κ2) is 8.25. The number of nitrogens with zero attached hydrogens (tertiary/aromatic N) is 3. The summed E-state index contributed by atoms with van der Waals surface area (Å²) in [6.45, 7) is 4.51. The quantitative estimate of drug-likeness (QED) is 0.708. The Morgan fingerprint density at radius 1 is 1.03 bits per heavy atom. The number of anilines is 2. The van der Waals surface area contributed by atoms with E-state index in [4.69, 9.17) is 11.6 Å². The Labute approximate surface area is 173 Å². The molecule has 2 heterocycles. The highest BCUT2D eigenvalue weighted by Crippen LogP contribution is 2.21. The maximum Gasteiger partial charge on any atom is 0.256 e. The first kappa shape index (κ1) is 19.5. The van der Waals surface area contributed by atoms with Crippen molar-refractivity contribution in [3.8, 4) is 0 Å². The molecule has 1 aromatic heterocycles. The second-order valence-electron chi connectivity index (χ2n) is 7.18. The minimum Gasteiger partial charge on any atom is -0.366 e. The number of aromatic nitrogens is 2. The minimum atomic E-state index is -0.213. The SMILES string of the molecule is Cc1nc(N2CCN(c3ccccc3F)CC2)[nH]c(=O)c1Cc1ccc(Cl)cc1. The zero-order valence-electron chi connectivity index (χ0n) is 16.2. The fourth-order valence-corrected chi connectivity index (χ4v) is 3.75. The predicted molar refractivity (Wildman–Crippen MR) is 115 cm³/mol. The largest absolute Gasteiger partial charge is 0.366 e. The van der Waals surface area contributed by atoms with Crippen LogP contribution in [0.4, 0.5) is 16.0 Å². The van der Waals surface area contributed by atoms with Crippen LogP contribution in [0.25, 0.3) is 0 Å². The molecule has 3 aromatic rings. The smallest absolute Gasteiger partial charge is 0.256 e. The average Bonchev–Trinajstić information content (AvgIpc) is 2.72. The number of nitrogens with one attached hydrogen (secondary N) is 1. The van der Waals surface area contributed by atoms with E-state index in [0.29, 0.717) is 54.8 Å². The summed E-state index contributed by atoms with van der Waals surface area (Å²) in [6.07, 6.45) is 0.507. The third-order valence-electron chi connectivity index (χ3n) is 5.28. The molecular weight excluding hydrogens is 391 g/mol. The van der Waals surface area contributed by atoms with Gasteiger partial charge in [-0.2, -0.15) is 0 Å². The summed E-state index contributed by atoms with van der Waals surface area (Å²) in [5.41, 5.74) is 2.87. The van der Waals surface area contributed by atoms with Crippen molar-refractivity contribution in [2.24, 2.45) is 0 Å². The Hall–Kier alpha value is -2.86. The van der Waals surface area contributed by atoms with Crippen LogP contribution < -0.4 is 15.4 Å². The molecule has 0 spiro atoms. The first-order valence-corrected chi connectivity index (χ1v) is 9.98. The summed E-state index contributed by atoms with van der Waals surface area (Å²) in [4.78, 5) is 24.3. The van der Waals surface area contributed by atoms with Crippen molar-refractivity contribution < 1.29 is 4.39 Å². The van der Waals surface area contributed by atoms with Gasteiger partial charge < -0.3 is 9.80 Å². The van der Waals surface area contributed by atoms with Crippen molar-refractivity contribution in [1.82, 2.24) is 9.97 Å². The van der Waals surface area contributed by atoms with Gasteiger partial charge in [-0.15, -0.1) is 0 Å². The van der Waals surface area contributed by atoms with Crippen molar-refractivity contribution in [3.05, 3.63) is 86.5 Å². The van der Waals surface area contributed by atoms with Gasteiger partial charge in [0.15, 0.2) is 0 Å². The Morgan fingerprint density at radius 2 is 1.69 bits per heavy atom. The summed E-state index contributed by atoms with van der Waals surface area (Å²) in [7, 11) is 0. The molecule has 0 atom stereocenters. The molecule has 1 aliphatic heterocycles. The van der Waals surface area contributed by atoms with Gasteiger partial charge in [0.1, 0.15) is 5.82 Å². The van der Waals surface area contributed by atoms with Crippen LogP contribution in [0.2, 0.25) is 5.02 Å². The molecule has 1 aliphatic rings. The van der Waals surface area contributed by atoms with Crippen molar-refractivity contribution in [2.75, 3.05) is 36.0 Å². The highest BCUT2D eigenvalue weighted by atomic mass is 35.5. The molecule has 7 heteroatoms. The molecule has 0 saturated carbocycles. The zero-order valence-corrected chi connectivity index (χ0v) is 16.9. The number of rotatable bonds is 4. The molecule has 0 radical (unpaired) electrons. The predicted octanol–water partition coefficient (Wildman–Crippen LogP) is 3.79. The zero-order chi connectivity index (χ0) is 20.4. The third kappa shape index (κ3) is 4.27. The van der Waals surface area contributed by atoms with Crippen molar-refractivity contribution >= 4 is 23.2 Å². The van der Waals surface area contributed by atoms with Crippen LogP contribution in [0.5, 0.6) is 0 Å². The lowest BCUT2D eigenvalue weighted by Crippen LogP contribution is -2.48. The van der Waals surface area contributed by atoms with Crippen molar-refractivity contribution in [1.29, 1.82) is 0 Å². The van der Waals surface area contributed by atoms with Crippen LogP contribution in [0, 0.1) is 12.7 Å². The van der Waals surface area contributed by atoms with Gasteiger partial charge in [-0.05, 0) is 36.8 Å². The van der Waals surface area contributed by atoms with Gasteiger partial charge in [0.25, 0.3) is 5.56 Å². The highest BCUT2D eigenvalue weighted by Gasteiger charge is 2.21. The minimum absolute atomic E-state index is 0.126. The molecule has 2 aromatic carbocycles. The summed E-state index contributed by atoms with van der Waals surface area (Å²) < 4.78 is 14.0. The number of piperazine rings is 1. The first-order chi connectivity index (χ1) is 14.0. The summed E-state index contributed by atoms with van der Waals surface area (Å²) in [6, 6.07) is 14.3. The van der Waals surface area contributed by atoms with Crippen molar-refractivity contribution in [2.45, 2.75) is 13.3 Å². The third-order valence-corrected chi connectivity index (χ3v) is 5.53. The van der Waals surface area contributed by atoms with Crippen LogP contribution >= 0.6 is 11.6 Å². The molecule has 29 heavy (non-hydrogen) atoms. The van der Waals surface area contributed by atoms with Gasteiger partial charge in [0.2, 0.25) is 5.95 Å². The maximum atomic E-state index is 14.0. The van der Waals surface area contributed by atoms with E-state index in [2.05, 4.69) is 9.97 Å². The Kier molecular flexibility index (Phi) is 5.53. The lowest BCUT2D eigenvalue weighted by molar-refractivity contribution is 0.593. The van der Waals surface area contributed by atoms with Crippen molar-refractivity contribution in [3.63, 3.8) is 0 Å². The number of hydrogen-bond donors (Lipinski definition) is 1. The van der Waals surface area contributed by atoms with E-state index in [0.717, 1.165) is 11.3 Å². The topological polar surface area (TPSA) is 52.2 Å². The van der Waals surface area contributed by atoms with Crippen LogP contribution in [0.3, 0.4) is 0 Å². The molecule has 1 fully saturated rings. The van der Waals surface area contributed by atoms with E-state index < -0.39 is 0 Å². The fourth-order valence-electron chi connectivity index (χ4n) is 3.63. The fraction of sp³-hybridized carbons (Fsp3) is 0.273. The summed E-state index contributed by atoms with van der Waals surface area (Å²) in [5, 5.41) is 0.669. The molecule has 5 nitrogen and oxygen atoms in total. The van der Waals surface area contributed by atoms with E-state index >= 15 is 0 Å². The molecule has 0 unspecified atom stereocenters. The molecule has 0 amide bonds. The number of para-hydroxylation sites is 1. The molecule has 1 saturated heterocycles. The van der Waals surface area contributed by atoms with Gasteiger partial charge in [0, 0.05) is 43.2 Å². The first-order valence-electron chi connectivity index (χ1n) is 9.60.